The van der Waals surface area contributed by atoms with Crippen LogP contribution in [0.5, 0.6) is 0 Å². The number of nitrogens with zero attached hydrogens (tertiary/aromatic N) is 3. The molecule has 0 aliphatic carbocycles. The Morgan fingerprint density at radius 3 is 2.44 bits per heavy atom. The van der Waals surface area contributed by atoms with Gasteiger partial charge in [-0.3, -0.25) is 0 Å². The van der Waals surface area contributed by atoms with E-state index >= 15 is 0 Å². The molecule has 1 fully saturated rings. The number of fused-ring (bicyclic) bond motifs is 1. The first kappa shape index (κ1) is 16.5. The molecular weight excluding hydrogens is 364 g/mol. The fourth-order valence-electron chi connectivity index (χ4n) is 3.18. The number of piperazine rings is 1. The van der Waals surface area contributed by atoms with Crippen LogP contribution in [0, 0.1) is 12.7 Å². The molecule has 1 aromatic heterocycles. The van der Waals surface area contributed by atoms with Gasteiger partial charge in [0.05, 0.1) is 15.7 Å². The number of halogens is 3. The van der Waals surface area contributed by atoms with Gasteiger partial charge in [-0.15, -0.1) is 0 Å². The highest BCUT2D eigenvalue weighted by molar-refractivity contribution is 6.42. The lowest BCUT2D eigenvalue weighted by molar-refractivity contribution is 0.559. The molecule has 0 unspecified atom stereocenters. The van der Waals surface area contributed by atoms with Crippen molar-refractivity contribution in [2.45, 2.75) is 6.92 Å². The molecule has 0 N–H and O–H groups in total. The number of rotatable bonds is 2. The molecule has 1 saturated heterocycles. The molecule has 130 valence electrons. The third-order valence-corrected chi connectivity index (χ3v) is 5.19. The van der Waals surface area contributed by atoms with Crippen LogP contribution in [0.3, 0.4) is 0 Å². The largest absolute Gasteiger partial charge is 0.441 e. The van der Waals surface area contributed by atoms with Gasteiger partial charge in [-0.25, -0.2) is 9.37 Å². The SMILES string of the molecule is Cc1nc2cc(F)c(N3CCN(c4ccc(Cl)c(Cl)c4)CC3)cc2o1. The maximum atomic E-state index is 14.5. The molecule has 2 aromatic carbocycles. The standard InChI is InChI=1S/C18H16Cl2FN3O/c1-11-22-16-9-15(21)17(10-18(16)25-11)24-6-4-23(5-7-24)12-2-3-13(19)14(20)8-12/h2-3,8-10H,4-7H2,1H3. The third kappa shape index (κ3) is 3.14. The van der Waals surface area contributed by atoms with Crippen LogP contribution in [0.4, 0.5) is 15.8 Å². The van der Waals surface area contributed by atoms with Gasteiger partial charge in [0.15, 0.2) is 11.5 Å². The van der Waals surface area contributed by atoms with Crippen LogP contribution in [-0.4, -0.2) is 31.2 Å². The summed E-state index contributed by atoms with van der Waals surface area (Å²) in [6.45, 7) is 4.70. The topological polar surface area (TPSA) is 32.5 Å². The van der Waals surface area contributed by atoms with E-state index in [-0.39, 0.29) is 5.82 Å². The number of hydrogen-bond acceptors (Lipinski definition) is 4. The Morgan fingerprint density at radius 1 is 1.00 bits per heavy atom. The van der Waals surface area contributed by atoms with Gasteiger partial charge in [-0.05, 0) is 18.2 Å². The molecular formula is C18H16Cl2FN3O. The lowest BCUT2D eigenvalue weighted by atomic mass is 10.2. The van der Waals surface area contributed by atoms with Crippen LogP contribution in [0.25, 0.3) is 11.1 Å². The number of anilines is 2. The van der Waals surface area contributed by atoms with E-state index in [0.29, 0.717) is 45.8 Å². The normalized spacial score (nSPS) is 15.2. The average molecular weight is 380 g/mol. The fraction of sp³-hybridized carbons (Fsp3) is 0.278. The van der Waals surface area contributed by atoms with E-state index in [4.69, 9.17) is 27.6 Å². The predicted octanol–water partition coefficient (Wildman–Crippen LogP) is 4.91. The second kappa shape index (κ2) is 6.39. The summed E-state index contributed by atoms with van der Waals surface area (Å²) in [5.41, 5.74) is 2.74. The van der Waals surface area contributed by atoms with E-state index in [2.05, 4.69) is 9.88 Å². The van der Waals surface area contributed by atoms with Crippen LogP contribution in [0.15, 0.2) is 34.7 Å². The molecule has 0 atom stereocenters. The van der Waals surface area contributed by atoms with Crippen LogP contribution in [0.1, 0.15) is 5.89 Å². The van der Waals surface area contributed by atoms with Crippen molar-refractivity contribution in [2.75, 3.05) is 36.0 Å². The van der Waals surface area contributed by atoms with Crippen LogP contribution in [0.2, 0.25) is 10.0 Å². The molecule has 4 nitrogen and oxygen atoms in total. The van der Waals surface area contributed by atoms with Gasteiger partial charge in [-0.2, -0.15) is 0 Å². The Labute approximate surface area is 154 Å². The van der Waals surface area contributed by atoms with Crippen molar-refractivity contribution in [2.24, 2.45) is 0 Å². The van der Waals surface area contributed by atoms with Crippen LogP contribution < -0.4 is 9.80 Å². The molecule has 0 bridgehead atoms. The highest BCUT2D eigenvalue weighted by Gasteiger charge is 2.21. The summed E-state index contributed by atoms with van der Waals surface area (Å²) in [4.78, 5) is 8.42. The van der Waals surface area contributed by atoms with E-state index in [1.807, 2.05) is 17.0 Å². The van der Waals surface area contributed by atoms with E-state index in [1.165, 1.54) is 6.07 Å². The number of aryl methyl sites for hydroxylation is 1. The molecule has 0 spiro atoms. The maximum Gasteiger partial charge on any atom is 0.192 e. The van der Waals surface area contributed by atoms with E-state index in [1.54, 1.807) is 19.1 Å². The molecule has 2 heterocycles. The summed E-state index contributed by atoms with van der Waals surface area (Å²) >= 11 is 12.1. The summed E-state index contributed by atoms with van der Waals surface area (Å²) in [5.74, 6) is 0.264. The molecule has 1 aliphatic heterocycles. The Morgan fingerprint density at radius 2 is 1.72 bits per heavy atom. The second-order valence-electron chi connectivity index (χ2n) is 6.08. The summed E-state index contributed by atoms with van der Waals surface area (Å²) < 4.78 is 20.0. The van der Waals surface area contributed by atoms with Gasteiger partial charge >= 0.3 is 0 Å². The summed E-state index contributed by atoms with van der Waals surface area (Å²) in [7, 11) is 0. The number of aromatic nitrogens is 1. The van der Waals surface area contributed by atoms with Crippen molar-refractivity contribution < 1.29 is 8.81 Å². The minimum absolute atomic E-state index is 0.274. The Kier molecular flexibility index (Phi) is 4.21. The van der Waals surface area contributed by atoms with Crippen molar-refractivity contribution in [3.05, 3.63) is 52.1 Å². The molecule has 1 aliphatic rings. The lowest BCUT2D eigenvalue weighted by Gasteiger charge is -2.37. The molecule has 0 saturated carbocycles. The Hall–Kier alpha value is -1.98. The maximum absolute atomic E-state index is 14.5. The third-order valence-electron chi connectivity index (χ3n) is 4.45. The summed E-state index contributed by atoms with van der Waals surface area (Å²) in [5, 5.41) is 1.08. The van der Waals surface area contributed by atoms with Gasteiger partial charge < -0.3 is 14.2 Å². The second-order valence-corrected chi connectivity index (χ2v) is 6.89. The molecule has 3 aromatic rings. The quantitative estimate of drug-likeness (QED) is 0.633. The molecule has 0 radical (unpaired) electrons. The predicted molar refractivity (Wildman–Crippen MR) is 99.6 cm³/mol. The highest BCUT2D eigenvalue weighted by atomic mass is 35.5. The molecule has 0 amide bonds. The van der Waals surface area contributed by atoms with Gasteiger partial charge in [-0.1, -0.05) is 23.2 Å². The van der Waals surface area contributed by atoms with Gasteiger partial charge in [0.1, 0.15) is 11.3 Å². The van der Waals surface area contributed by atoms with Crippen LogP contribution in [-0.2, 0) is 0 Å². The van der Waals surface area contributed by atoms with Crippen molar-refractivity contribution in [1.29, 1.82) is 0 Å². The summed E-state index contributed by atoms with van der Waals surface area (Å²) in [6.07, 6.45) is 0. The first-order chi connectivity index (χ1) is 12.0. The van der Waals surface area contributed by atoms with E-state index < -0.39 is 0 Å². The average Bonchev–Trinajstić information content (AvgIpc) is 2.96. The zero-order chi connectivity index (χ0) is 17.6. The number of hydrogen-bond donors (Lipinski definition) is 0. The van der Waals surface area contributed by atoms with Crippen molar-refractivity contribution >= 4 is 45.7 Å². The first-order valence-corrected chi connectivity index (χ1v) is 8.78. The van der Waals surface area contributed by atoms with Gasteiger partial charge in [0, 0.05) is 50.9 Å². The van der Waals surface area contributed by atoms with Crippen molar-refractivity contribution in [1.82, 2.24) is 4.98 Å². The first-order valence-electron chi connectivity index (χ1n) is 8.03. The minimum Gasteiger partial charge on any atom is -0.441 e. The molecule has 7 heteroatoms. The zero-order valence-electron chi connectivity index (χ0n) is 13.6. The molecule has 4 rings (SSSR count). The van der Waals surface area contributed by atoms with Crippen LogP contribution >= 0.6 is 23.2 Å². The smallest absolute Gasteiger partial charge is 0.192 e. The van der Waals surface area contributed by atoms with Gasteiger partial charge in [0.2, 0.25) is 0 Å². The van der Waals surface area contributed by atoms with E-state index in [0.717, 1.165) is 18.8 Å². The fourth-order valence-corrected chi connectivity index (χ4v) is 3.47. The monoisotopic (exact) mass is 379 g/mol. The Bertz CT molecular complexity index is 935. The highest BCUT2D eigenvalue weighted by Crippen LogP contribution is 2.30. The van der Waals surface area contributed by atoms with Gasteiger partial charge in [0.25, 0.3) is 0 Å². The summed E-state index contributed by atoms with van der Waals surface area (Å²) in [6, 6.07) is 8.79. The number of oxazole rings is 1. The molecule has 25 heavy (non-hydrogen) atoms. The van der Waals surface area contributed by atoms with Crippen molar-refractivity contribution in [3.63, 3.8) is 0 Å². The van der Waals surface area contributed by atoms with E-state index in [9.17, 15) is 4.39 Å². The minimum atomic E-state index is -0.274. The zero-order valence-corrected chi connectivity index (χ0v) is 15.1. The number of benzene rings is 2. The van der Waals surface area contributed by atoms with Crippen molar-refractivity contribution in [3.8, 4) is 0 Å². The lowest BCUT2D eigenvalue weighted by Crippen LogP contribution is -2.46. The Balaban J connectivity index is 1.53.